The fraction of sp³-hybridized carbons (Fsp3) is 0.600. The van der Waals surface area contributed by atoms with Crippen LogP contribution in [-0.2, 0) is 6.54 Å². The number of nitrogens with one attached hydrogen (secondary N) is 1. The first-order valence-corrected chi connectivity index (χ1v) is 7.35. The van der Waals surface area contributed by atoms with Gasteiger partial charge >= 0.3 is 0 Å². The van der Waals surface area contributed by atoms with Crippen molar-refractivity contribution in [1.29, 1.82) is 0 Å². The largest absolute Gasteiger partial charge is 0.310 e. The molecule has 2 rings (SSSR count). The Morgan fingerprint density at radius 3 is 2.65 bits per heavy atom. The van der Waals surface area contributed by atoms with E-state index in [0.717, 1.165) is 18.4 Å². The summed E-state index contributed by atoms with van der Waals surface area (Å²) in [5, 5.41) is 3.71. The van der Waals surface area contributed by atoms with Gasteiger partial charge in [-0.15, -0.1) is 0 Å². The van der Waals surface area contributed by atoms with E-state index in [1.165, 1.54) is 28.4 Å². The summed E-state index contributed by atoms with van der Waals surface area (Å²) in [6.07, 6.45) is 2.70. The van der Waals surface area contributed by atoms with Crippen LogP contribution in [0.1, 0.15) is 37.8 Å². The van der Waals surface area contributed by atoms with Gasteiger partial charge in [0.1, 0.15) is 0 Å². The van der Waals surface area contributed by atoms with Crippen LogP contribution in [0.25, 0.3) is 0 Å². The molecular weight excluding hydrogens is 274 g/mol. The Labute approximate surface area is 113 Å². The van der Waals surface area contributed by atoms with E-state index < -0.39 is 0 Å². The Bertz CT molecular complexity index is 389. The third kappa shape index (κ3) is 3.11. The van der Waals surface area contributed by atoms with Crippen molar-refractivity contribution >= 4 is 15.9 Å². The standard InChI is InChI=1S/C15H22BrN/c1-10-4-7-15(12(10)3)17-9-13-5-6-14(16)11(2)8-13/h5-6,8,10,12,15,17H,4,7,9H2,1-3H3. The van der Waals surface area contributed by atoms with Crippen molar-refractivity contribution in [2.75, 3.05) is 0 Å². The molecule has 0 aliphatic heterocycles. The molecule has 1 aromatic carbocycles. The molecule has 3 unspecified atom stereocenters. The Balaban J connectivity index is 1.92. The molecule has 0 aromatic heterocycles. The molecule has 0 radical (unpaired) electrons. The van der Waals surface area contributed by atoms with Crippen molar-refractivity contribution in [2.45, 2.75) is 46.2 Å². The minimum absolute atomic E-state index is 0.703. The van der Waals surface area contributed by atoms with Crippen LogP contribution in [-0.4, -0.2) is 6.04 Å². The minimum atomic E-state index is 0.703. The maximum atomic E-state index is 3.71. The molecule has 94 valence electrons. The van der Waals surface area contributed by atoms with Crippen molar-refractivity contribution in [2.24, 2.45) is 11.8 Å². The molecule has 0 saturated heterocycles. The van der Waals surface area contributed by atoms with Crippen LogP contribution in [0.4, 0.5) is 0 Å². The van der Waals surface area contributed by atoms with Crippen LogP contribution in [0, 0.1) is 18.8 Å². The summed E-state index contributed by atoms with van der Waals surface area (Å²) in [4.78, 5) is 0. The van der Waals surface area contributed by atoms with Crippen molar-refractivity contribution in [3.05, 3.63) is 33.8 Å². The lowest BCUT2D eigenvalue weighted by molar-refractivity contribution is 0.370. The predicted molar refractivity (Wildman–Crippen MR) is 77.1 cm³/mol. The lowest BCUT2D eigenvalue weighted by Gasteiger charge is -2.20. The summed E-state index contributed by atoms with van der Waals surface area (Å²) < 4.78 is 1.20. The molecule has 1 saturated carbocycles. The maximum Gasteiger partial charge on any atom is 0.0208 e. The summed E-state index contributed by atoms with van der Waals surface area (Å²) in [6.45, 7) is 7.89. The average Bonchev–Trinajstić information content (AvgIpc) is 2.62. The second kappa shape index (κ2) is 5.53. The number of rotatable bonds is 3. The van der Waals surface area contributed by atoms with Crippen molar-refractivity contribution in [1.82, 2.24) is 5.32 Å². The summed E-state index contributed by atoms with van der Waals surface area (Å²) in [7, 11) is 0. The molecule has 1 nitrogen and oxygen atoms in total. The molecule has 0 bridgehead atoms. The second-order valence-electron chi connectivity index (χ2n) is 5.48. The molecule has 3 atom stereocenters. The number of hydrogen-bond donors (Lipinski definition) is 1. The monoisotopic (exact) mass is 295 g/mol. The van der Waals surface area contributed by atoms with Crippen molar-refractivity contribution < 1.29 is 0 Å². The van der Waals surface area contributed by atoms with Gasteiger partial charge in [0.25, 0.3) is 0 Å². The normalized spacial score (nSPS) is 28.6. The summed E-state index contributed by atoms with van der Waals surface area (Å²) >= 11 is 3.54. The van der Waals surface area contributed by atoms with Gasteiger partial charge in [-0.05, 0) is 48.8 Å². The molecule has 0 amide bonds. The highest BCUT2D eigenvalue weighted by molar-refractivity contribution is 9.10. The Morgan fingerprint density at radius 1 is 1.29 bits per heavy atom. The highest BCUT2D eigenvalue weighted by Gasteiger charge is 2.28. The Morgan fingerprint density at radius 2 is 2.06 bits per heavy atom. The lowest BCUT2D eigenvalue weighted by Crippen LogP contribution is -2.31. The fourth-order valence-corrected chi connectivity index (χ4v) is 2.97. The average molecular weight is 296 g/mol. The highest BCUT2D eigenvalue weighted by Crippen LogP contribution is 2.31. The molecule has 0 spiro atoms. The van der Waals surface area contributed by atoms with E-state index >= 15 is 0 Å². The SMILES string of the molecule is Cc1cc(CNC2CCC(C)C2C)ccc1Br. The van der Waals surface area contributed by atoms with Crippen molar-refractivity contribution in [3.63, 3.8) is 0 Å². The molecule has 2 heteroatoms. The zero-order valence-electron chi connectivity index (χ0n) is 11.0. The minimum Gasteiger partial charge on any atom is -0.310 e. The third-order valence-electron chi connectivity index (χ3n) is 4.26. The number of halogens is 1. The first-order chi connectivity index (χ1) is 8.08. The molecule has 1 fully saturated rings. The van der Waals surface area contributed by atoms with Crippen LogP contribution in [0.5, 0.6) is 0 Å². The van der Waals surface area contributed by atoms with E-state index in [2.05, 4.69) is 60.2 Å². The molecule has 1 N–H and O–H groups in total. The van der Waals surface area contributed by atoms with E-state index in [4.69, 9.17) is 0 Å². The zero-order valence-corrected chi connectivity index (χ0v) is 12.5. The van der Waals surface area contributed by atoms with Crippen LogP contribution >= 0.6 is 15.9 Å². The molecule has 0 heterocycles. The summed E-state index contributed by atoms with van der Waals surface area (Å²) in [6, 6.07) is 7.31. The molecular formula is C15H22BrN. The first-order valence-electron chi connectivity index (χ1n) is 6.56. The van der Waals surface area contributed by atoms with Crippen LogP contribution in [0.15, 0.2) is 22.7 Å². The fourth-order valence-electron chi connectivity index (χ4n) is 2.72. The van der Waals surface area contributed by atoms with E-state index in [9.17, 15) is 0 Å². The van der Waals surface area contributed by atoms with Crippen LogP contribution < -0.4 is 5.32 Å². The Hall–Kier alpha value is -0.340. The smallest absolute Gasteiger partial charge is 0.0208 e. The van der Waals surface area contributed by atoms with E-state index in [-0.39, 0.29) is 0 Å². The van der Waals surface area contributed by atoms with Gasteiger partial charge in [0.2, 0.25) is 0 Å². The molecule has 17 heavy (non-hydrogen) atoms. The first kappa shape index (κ1) is 13.1. The van der Waals surface area contributed by atoms with Gasteiger partial charge in [-0.1, -0.05) is 41.9 Å². The second-order valence-corrected chi connectivity index (χ2v) is 6.34. The lowest BCUT2D eigenvalue weighted by atomic mass is 9.97. The van der Waals surface area contributed by atoms with E-state index in [1.54, 1.807) is 0 Å². The van der Waals surface area contributed by atoms with E-state index in [1.807, 2.05) is 0 Å². The van der Waals surface area contributed by atoms with Gasteiger partial charge in [-0.3, -0.25) is 0 Å². The molecule has 1 aromatic rings. The highest BCUT2D eigenvalue weighted by atomic mass is 79.9. The molecule has 1 aliphatic carbocycles. The van der Waals surface area contributed by atoms with Gasteiger partial charge in [-0.2, -0.15) is 0 Å². The summed E-state index contributed by atoms with van der Waals surface area (Å²) in [5.41, 5.74) is 2.70. The molecule has 1 aliphatic rings. The zero-order chi connectivity index (χ0) is 12.4. The van der Waals surface area contributed by atoms with Gasteiger partial charge < -0.3 is 5.32 Å². The summed E-state index contributed by atoms with van der Waals surface area (Å²) in [5.74, 6) is 1.69. The van der Waals surface area contributed by atoms with Gasteiger partial charge in [0, 0.05) is 17.1 Å². The van der Waals surface area contributed by atoms with Gasteiger partial charge in [0.05, 0.1) is 0 Å². The number of benzene rings is 1. The quantitative estimate of drug-likeness (QED) is 0.877. The number of aryl methyl sites for hydroxylation is 1. The van der Waals surface area contributed by atoms with Crippen LogP contribution in [0.3, 0.4) is 0 Å². The van der Waals surface area contributed by atoms with Crippen molar-refractivity contribution in [3.8, 4) is 0 Å². The maximum absolute atomic E-state index is 3.71. The number of hydrogen-bond acceptors (Lipinski definition) is 1. The van der Waals surface area contributed by atoms with Gasteiger partial charge in [-0.25, -0.2) is 0 Å². The predicted octanol–water partition coefficient (Wildman–Crippen LogP) is 4.28. The van der Waals surface area contributed by atoms with Crippen LogP contribution in [0.2, 0.25) is 0 Å². The Kier molecular flexibility index (Phi) is 4.26. The topological polar surface area (TPSA) is 12.0 Å². The van der Waals surface area contributed by atoms with Gasteiger partial charge in [0.15, 0.2) is 0 Å². The third-order valence-corrected chi connectivity index (χ3v) is 5.15. The van der Waals surface area contributed by atoms with E-state index in [0.29, 0.717) is 6.04 Å².